The summed E-state index contributed by atoms with van der Waals surface area (Å²) >= 11 is 0. The Balaban J connectivity index is 0.00000169. The van der Waals surface area contributed by atoms with Crippen LogP contribution in [-0.2, 0) is 14.3 Å². The predicted octanol–water partition coefficient (Wildman–Crippen LogP) is 1.62. The molecule has 1 fully saturated rings. The van der Waals surface area contributed by atoms with Crippen LogP contribution >= 0.6 is 12.4 Å². The van der Waals surface area contributed by atoms with E-state index >= 15 is 0 Å². The SMILES string of the molecule is CCOC(=N)C1CC1C(=O)OCC.Cl. The molecule has 0 radical (unpaired) electrons. The van der Waals surface area contributed by atoms with Gasteiger partial charge >= 0.3 is 5.97 Å². The highest BCUT2D eigenvalue weighted by Crippen LogP contribution is 2.40. The first kappa shape index (κ1) is 13.2. The fourth-order valence-electron chi connectivity index (χ4n) is 1.26. The van der Waals surface area contributed by atoms with Gasteiger partial charge in [0, 0.05) is 5.92 Å². The lowest BCUT2D eigenvalue weighted by molar-refractivity contribution is -0.144. The summed E-state index contributed by atoms with van der Waals surface area (Å²) in [6, 6.07) is 0. The Kier molecular flexibility index (Phi) is 5.53. The number of esters is 1. The van der Waals surface area contributed by atoms with Gasteiger partial charge in [-0.1, -0.05) is 0 Å². The van der Waals surface area contributed by atoms with Crippen molar-refractivity contribution in [3.63, 3.8) is 0 Å². The van der Waals surface area contributed by atoms with E-state index in [2.05, 4.69) is 0 Å². The molecule has 0 amide bonds. The van der Waals surface area contributed by atoms with E-state index in [1.54, 1.807) is 6.92 Å². The average molecular weight is 222 g/mol. The van der Waals surface area contributed by atoms with Crippen molar-refractivity contribution in [3.8, 4) is 0 Å². The summed E-state index contributed by atoms with van der Waals surface area (Å²) in [6.45, 7) is 4.51. The van der Waals surface area contributed by atoms with Gasteiger partial charge in [0.25, 0.3) is 0 Å². The third kappa shape index (κ3) is 3.18. The van der Waals surface area contributed by atoms with E-state index in [0.717, 1.165) is 0 Å². The number of carbonyl (C=O) groups is 1. The van der Waals surface area contributed by atoms with Crippen LogP contribution in [0.2, 0.25) is 0 Å². The van der Waals surface area contributed by atoms with Gasteiger partial charge in [-0.15, -0.1) is 12.4 Å². The monoisotopic (exact) mass is 221 g/mol. The largest absolute Gasteiger partial charge is 0.481 e. The van der Waals surface area contributed by atoms with Crippen molar-refractivity contribution in [1.82, 2.24) is 0 Å². The van der Waals surface area contributed by atoms with Crippen LogP contribution in [0, 0.1) is 17.2 Å². The van der Waals surface area contributed by atoms with E-state index in [4.69, 9.17) is 14.9 Å². The number of hydrogen-bond acceptors (Lipinski definition) is 4. The molecular weight excluding hydrogens is 206 g/mol. The summed E-state index contributed by atoms with van der Waals surface area (Å²) in [5.74, 6) is -0.129. The number of rotatable bonds is 4. The summed E-state index contributed by atoms with van der Waals surface area (Å²) in [5.41, 5.74) is 0. The van der Waals surface area contributed by atoms with Crippen LogP contribution in [0.15, 0.2) is 0 Å². The molecule has 5 heteroatoms. The summed E-state index contributed by atoms with van der Waals surface area (Å²) in [5, 5.41) is 7.43. The van der Waals surface area contributed by atoms with Gasteiger partial charge in [0.15, 0.2) is 5.90 Å². The topological polar surface area (TPSA) is 59.4 Å². The zero-order chi connectivity index (χ0) is 9.84. The van der Waals surface area contributed by atoms with Gasteiger partial charge in [0.05, 0.1) is 19.1 Å². The maximum atomic E-state index is 11.1. The molecule has 1 aliphatic carbocycles. The Labute approximate surface area is 89.9 Å². The Bertz CT molecular complexity index is 198. The molecule has 1 saturated carbocycles. The quantitative estimate of drug-likeness (QED) is 0.446. The second kappa shape index (κ2) is 5.86. The van der Waals surface area contributed by atoms with Gasteiger partial charge in [-0.3, -0.25) is 10.2 Å². The molecule has 4 nitrogen and oxygen atoms in total. The minimum Gasteiger partial charge on any atom is -0.481 e. The van der Waals surface area contributed by atoms with Gasteiger partial charge in [-0.25, -0.2) is 0 Å². The van der Waals surface area contributed by atoms with Crippen LogP contribution in [0.4, 0.5) is 0 Å². The average Bonchev–Trinajstić information content (AvgIpc) is 2.84. The Hall–Kier alpha value is -0.770. The van der Waals surface area contributed by atoms with E-state index in [9.17, 15) is 4.79 Å². The standard InChI is InChI=1S/C9H15NO3.ClH/c1-3-12-8(10)6-5-7(6)9(11)13-4-2;/h6-7,10H,3-5H2,1-2H3;1H. The molecule has 0 heterocycles. The van der Waals surface area contributed by atoms with E-state index in [-0.39, 0.29) is 36.1 Å². The van der Waals surface area contributed by atoms with Crippen LogP contribution < -0.4 is 0 Å². The number of halogens is 1. The lowest BCUT2D eigenvalue weighted by atomic mass is 10.3. The van der Waals surface area contributed by atoms with Crippen LogP contribution in [0.25, 0.3) is 0 Å². The van der Waals surface area contributed by atoms with Gasteiger partial charge in [0.1, 0.15) is 0 Å². The Morgan fingerprint density at radius 2 is 1.86 bits per heavy atom. The highest BCUT2D eigenvalue weighted by atomic mass is 35.5. The number of nitrogens with one attached hydrogen (secondary N) is 1. The molecule has 0 saturated heterocycles. The van der Waals surface area contributed by atoms with E-state index in [1.807, 2.05) is 6.92 Å². The molecule has 1 rings (SSSR count). The lowest BCUT2D eigenvalue weighted by Crippen LogP contribution is -2.13. The fraction of sp³-hybridized carbons (Fsp3) is 0.778. The fourth-order valence-corrected chi connectivity index (χ4v) is 1.26. The zero-order valence-electron chi connectivity index (χ0n) is 8.41. The predicted molar refractivity (Wildman–Crippen MR) is 54.8 cm³/mol. The van der Waals surface area contributed by atoms with Gasteiger partial charge in [0.2, 0.25) is 0 Å². The molecule has 14 heavy (non-hydrogen) atoms. The second-order valence-corrected chi connectivity index (χ2v) is 3.00. The Morgan fingerprint density at radius 1 is 1.29 bits per heavy atom. The molecule has 1 aliphatic rings. The van der Waals surface area contributed by atoms with E-state index < -0.39 is 0 Å². The first-order valence-electron chi connectivity index (χ1n) is 4.58. The molecule has 82 valence electrons. The summed E-state index contributed by atoms with van der Waals surface area (Å²) in [6.07, 6.45) is 0.706. The smallest absolute Gasteiger partial charge is 0.309 e. The molecule has 0 aromatic heterocycles. The first-order chi connectivity index (χ1) is 6.20. The summed E-state index contributed by atoms with van der Waals surface area (Å²) < 4.78 is 9.83. The van der Waals surface area contributed by atoms with Gasteiger partial charge in [-0.2, -0.15) is 0 Å². The minimum absolute atomic E-state index is 0. The minimum atomic E-state index is -0.197. The number of carbonyl (C=O) groups excluding carboxylic acids is 1. The van der Waals surface area contributed by atoms with Gasteiger partial charge in [-0.05, 0) is 20.3 Å². The van der Waals surface area contributed by atoms with Crippen molar-refractivity contribution in [3.05, 3.63) is 0 Å². The van der Waals surface area contributed by atoms with Crippen LogP contribution in [0.3, 0.4) is 0 Å². The maximum absolute atomic E-state index is 11.1. The molecule has 0 aromatic rings. The molecule has 0 bridgehead atoms. The van der Waals surface area contributed by atoms with Crippen molar-refractivity contribution in [2.45, 2.75) is 20.3 Å². The van der Waals surface area contributed by atoms with Crippen molar-refractivity contribution in [2.24, 2.45) is 11.8 Å². The van der Waals surface area contributed by atoms with Crippen LogP contribution in [0.1, 0.15) is 20.3 Å². The lowest BCUT2D eigenvalue weighted by Gasteiger charge is -2.03. The molecule has 0 aliphatic heterocycles. The maximum Gasteiger partial charge on any atom is 0.309 e. The summed E-state index contributed by atoms with van der Waals surface area (Å²) in [4.78, 5) is 11.1. The molecular formula is C9H16ClNO3. The molecule has 2 atom stereocenters. The van der Waals surface area contributed by atoms with Crippen molar-refractivity contribution in [2.75, 3.05) is 13.2 Å². The normalized spacial score (nSPS) is 23.3. The van der Waals surface area contributed by atoms with Crippen LogP contribution in [0.5, 0.6) is 0 Å². The highest BCUT2D eigenvalue weighted by Gasteiger charge is 2.48. The third-order valence-corrected chi connectivity index (χ3v) is 2.02. The second-order valence-electron chi connectivity index (χ2n) is 3.00. The van der Waals surface area contributed by atoms with E-state index in [1.165, 1.54) is 0 Å². The number of hydrogen-bond donors (Lipinski definition) is 1. The first-order valence-corrected chi connectivity index (χ1v) is 4.58. The molecule has 1 N–H and O–H groups in total. The molecule has 0 aromatic carbocycles. The molecule has 0 spiro atoms. The Morgan fingerprint density at radius 3 is 2.36 bits per heavy atom. The van der Waals surface area contributed by atoms with E-state index in [0.29, 0.717) is 19.6 Å². The molecule has 2 unspecified atom stereocenters. The van der Waals surface area contributed by atoms with Gasteiger partial charge < -0.3 is 9.47 Å². The highest BCUT2D eigenvalue weighted by molar-refractivity contribution is 5.88. The van der Waals surface area contributed by atoms with Crippen LogP contribution in [-0.4, -0.2) is 25.1 Å². The van der Waals surface area contributed by atoms with Crippen molar-refractivity contribution < 1.29 is 14.3 Å². The van der Waals surface area contributed by atoms with Crippen molar-refractivity contribution >= 4 is 24.3 Å². The number of ether oxygens (including phenoxy) is 2. The summed E-state index contributed by atoms with van der Waals surface area (Å²) in [7, 11) is 0. The van der Waals surface area contributed by atoms with Crippen molar-refractivity contribution in [1.29, 1.82) is 5.41 Å². The third-order valence-electron chi connectivity index (χ3n) is 2.02. The zero-order valence-corrected chi connectivity index (χ0v) is 9.23.